The summed E-state index contributed by atoms with van der Waals surface area (Å²) in [5, 5.41) is 17.3. The number of amides is 3. The first kappa shape index (κ1) is 52.7. The Morgan fingerprint density at radius 2 is 1.19 bits per heavy atom. The van der Waals surface area contributed by atoms with E-state index in [0.29, 0.717) is 72.5 Å². The summed E-state index contributed by atoms with van der Waals surface area (Å²) < 4.78 is 10.2. The Hall–Kier alpha value is -7.27. The van der Waals surface area contributed by atoms with Crippen molar-refractivity contribution >= 4 is 98.9 Å². The largest absolute Gasteiger partial charge is 0.497 e. The smallest absolute Gasteiger partial charge is 0.259 e. The molecule has 0 spiro atoms. The third-order valence-electron chi connectivity index (χ3n) is 7.66. The number of halogens is 5. The van der Waals surface area contributed by atoms with Crippen molar-refractivity contribution in [2.45, 2.75) is 7.43 Å². The van der Waals surface area contributed by atoms with E-state index in [1.165, 1.54) is 56.9 Å². The van der Waals surface area contributed by atoms with Crippen LogP contribution in [0.25, 0.3) is 4.85 Å². The topological polar surface area (TPSA) is 203 Å². The number of methoxy groups -OCH3 is 2. The fourth-order valence-corrected chi connectivity index (χ4v) is 4.98. The molecule has 322 valence electrons. The molecule has 6 rings (SSSR count). The van der Waals surface area contributed by atoms with Crippen molar-refractivity contribution in [1.82, 2.24) is 9.97 Å². The minimum absolute atomic E-state index is 0. The van der Waals surface area contributed by atoms with Crippen molar-refractivity contribution in [3.63, 3.8) is 0 Å². The van der Waals surface area contributed by atoms with Crippen LogP contribution in [0.15, 0.2) is 122 Å². The molecule has 3 amide bonds. The Balaban J connectivity index is 0.000000978. The van der Waals surface area contributed by atoms with Gasteiger partial charge in [-0.2, -0.15) is 5.26 Å². The van der Waals surface area contributed by atoms with Gasteiger partial charge < -0.3 is 31.2 Å². The predicted molar refractivity (Wildman–Crippen MR) is 245 cm³/mol. The van der Waals surface area contributed by atoms with Gasteiger partial charge in [-0.25, -0.2) is 14.8 Å². The van der Waals surface area contributed by atoms with E-state index in [9.17, 15) is 19.2 Å². The molecule has 0 saturated carbocycles. The first-order valence-corrected chi connectivity index (χ1v) is 17.9. The van der Waals surface area contributed by atoms with Gasteiger partial charge >= 0.3 is 0 Å². The van der Waals surface area contributed by atoms with E-state index in [4.69, 9.17) is 61.8 Å². The van der Waals surface area contributed by atoms with Crippen molar-refractivity contribution in [2.75, 3.05) is 35.9 Å². The highest BCUT2D eigenvalue weighted by atomic mass is 35.5. The first-order chi connectivity index (χ1) is 28.3. The summed E-state index contributed by atoms with van der Waals surface area (Å²) in [4.78, 5) is 59.1. The summed E-state index contributed by atoms with van der Waals surface area (Å²) in [6.45, 7) is 6.63. The molecule has 0 aliphatic rings. The number of aromatic nitrogens is 2. The van der Waals surface area contributed by atoms with E-state index in [2.05, 4.69) is 30.8 Å². The summed E-state index contributed by atoms with van der Waals surface area (Å²) in [6.07, 6.45) is 2.86. The molecule has 2 heterocycles. The van der Waals surface area contributed by atoms with Crippen molar-refractivity contribution in [3.8, 4) is 17.6 Å². The molecule has 0 saturated heterocycles. The van der Waals surface area contributed by atoms with Crippen LogP contribution < -0.4 is 31.2 Å². The van der Waals surface area contributed by atoms with Crippen LogP contribution in [0.2, 0.25) is 10.0 Å². The van der Waals surface area contributed by atoms with E-state index in [1.807, 2.05) is 6.07 Å². The van der Waals surface area contributed by atoms with E-state index in [0.717, 1.165) is 0 Å². The van der Waals surface area contributed by atoms with Crippen LogP contribution in [0, 0.1) is 17.9 Å². The van der Waals surface area contributed by atoms with Gasteiger partial charge in [0.1, 0.15) is 23.1 Å². The number of hydrogen-bond donors (Lipinski definition) is 4. The lowest BCUT2D eigenvalue weighted by molar-refractivity contribution is 0.101. The van der Waals surface area contributed by atoms with Crippen LogP contribution in [-0.4, -0.2) is 47.2 Å². The van der Waals surface area contributed by atoms with Gasteiger partial charge in [0.2, 0.25) is 0 Å². The summed E-state index contributed by atoms with van der Waals surface area (Å²) in [7, 11) is 3.00. The van der Waals surface area contributed by atoms with Crippen LogP contribution in [0.5, 0.6) is 11.5 Å². The Labute approximate surface area is 379 Å². The maximum Gasteiger partial charge on any atom is 0.259 e. The Kier molecular flexibility index (Phi) is 22.2. The van der Waals surface area contributed by atoms with Crippen LogP contribution in [0.4, 0.5) is 33.4 Å². The number of carbonyl (C=O) groups is 4. The number of nitrogens with zero attached hydrogens (tertiary/aromatic N) is 4. The van der Waals surface area contributed by atoms with E-state index in [1.54, 1.807) is 78.9 Å². The van der Waals surface area contributed by atoms with E-state index in [-0.39, 0.29) is 37.4 Å². The molecule has 0 atom stereocenters. The molecule has 2 aromatic heterocycles. The number of rotatable bonds is 9. The van der Waals surface area contributed by atoms with Crippen molar-refractivity contribution in [3.05, 3.63) is 171 Å². The summed E-state index contributed by atoms with van der Waals surface area (Å²) in [5.74, 6) is 0.473. The molecule has 0 bridgehead atoms. The maximum atomic E-state index is 12.8. The third kappa shape index (κ3) is 15.7. The Bertz CT molecular complexity index is 2540. The molecule has 0 fully saturated rings. The van der Waals surface area contributed by atoms with Crippen LogP contribution in [0.1, 0.15) is 55.8 Å². The molecule has 6 aromatic rings. The highest BCUT2D eigenvalue weighted by Crippen LogP contribution is 2.25. The molecule has 19 heteroatoms. The molecule has 62 heavy (non-hydrogen) atoms. The van der Waals surface area contributed by atoms with Gasteiger partial charge in [0.15, 0.2) is 5.69 Å². The highest BCUT2D eigenvalue weighted by molar-refractivity contribution is 6.67. The average Bonchev–Trinajstić information content (AvgIpc) is 3.26. The number of nitriles is 1. The lowest BCUT2D eigenvalue weighted by Gasteiger charge is -2.13. The van der Waals surface area contributed by atoms with Gasteiger partial charge in [0.25, 0.3) is 23.0 Å². The predicted octanol–water partition coefficient (Wildman–Crippen LogP) is 10.8. The molecule has 0 unspecified atom stereocenters. The van der Waals surface area contributed by atoms with Gasteiger partial charge in [-0.05, 0) is 96.5 Å². The second-order valence-corrected chi connectivity index (χ2v) is 12.8. The van der Waals surface area contributed by atoms with Gasteiger partial charge in [-0.3, -0.25) is 23.9 Å². The fourth-order valence-electron chi connectivity index (χ4n) is 4.63. The zero-order valence-electron chi connectivity index (χ0n) is 31.8. The quantitative estimate of drug-likeness (QED) is 0.0614. The second kappa shape index (κ2) is 26.0. The van der Waals surface area contributed by atoms with Gasteiger partial charge in [-0.15, -0.1) is 12.4 Å². The monoisotopic (exact) mass is 923 g/mol. The minimum atomic E-state index is -0.499. The van der Waals surface area contributed by atoms with Crippen molar-refractivity contribution < 1.29 is 34.8 Å². The number of nitrogens with two attached hydrogens (primary N) is 1. The molecule has 0 radical (unpaired) electrons. The normalized spacial score (nSPS) is 9.27. The zero-order valence-corrected chi connectivity index (χ0v) is 34.9. The van der Waals surface area contributed by atoms with Crippen LogP contribution >= 0.6 is 47.2 Å². The van der Waals surface area contributed by atoms with E-state index >= 15 is 0 Å². The van der Waals surface area contributed by atoms with Crippen LogP contribution in [-0.2, 0) is 0 Å². The van der Waals surface area contributed by atoms with Gasteiger partial charge in [0, 0.05) is 30.6 Å². The molecule has 0 aliphatic carbocycles. The lowest BCUT2D eigenvalue weighted by atomic mass is 10.1. The number of pyridine rings is 2. The second-order valence-electron chi connectivity index (χ2n) is 11.6. The van der Waals surface area contributed by atoms with Crippen molar-refractivity contribution in [2.24, 2.45) is 0 Å². The molecule has 5 N–H and O–H groups in total. The Morgan fingerprint density at radius 1 is 0.710 bits per heavy atom. The molecule has 14 nitrogen and oxygen atoms in total. The first-order valence-electron chi connectivity index (χ1n) is 16.8. The number of hydrogen-bond acceptors (Lipinski definition) is 10. The fraction of sp³-hybridized carbons (Fsp3) is 0.0698. The average molecular weight is 926 g/mol. The number of anilines is 4. The van der Waals surface area contributed by atoms with Gasteiger partial charge in [-0.1, -0.05) is 54.9 Å². The minimum Gasteiger partial charge on any atom is -0.497 e. The lowest BCUT2D eigenvalue weighted by Crippen LogP contribution is -2.19. The summed E-state index contributed by atoms with van der Waals surface area (Å²) in [6, 6.07) is 30.3. The number of carbonyl (C=O) groups excluding carboxylic acids is 4. The molecule has 4 aromatic carbocycles. The number of benzene rings is 4. The molecule has 0 aliphatic heterocycles. The number of nitrogen functional groups attached to an aromatic ring is 1. The van der Waals surface area contributed by atoms with E-state index < -0.39 is 17.1 Å². The third-order valence-corrected chi connectivity index (χ3v) is 8.33. The van der Waals surface area contributed by atoms with Crippen molar-refractivity contribution in [1.29, 1.82) is 5.26 Å². The Morgan fingerprint density at radius 3 is 1.65 bits per heavy atom. The van der Waals surface area contributed by atoms with Crippen LogP contribution in [0.3, 0.4) is 0 Å². The molecular formula is C43H39Cl4FN8O6. The number of nitrogens with one attached hydrogen (secondary N) is 3. The summed E-state index contributed by atoms with van der Waals surface area (Å²) >= 11 is 16.7. The zero-order chi connectivity index (χ0) is 42.9. The SMILES string of the molecule is C.COc1ccc(N)c(C(=O)Nc2ccc(Cl)cn2)c1.COc1ccc(NC(=O)c2ccc(C#N)cc2)c(C(=O)Nc2ccc(Cl)cn2)c1.Cl.F.[2HH].[C-]#[N+]c1ccc(C(=O)Cl)cc1. The number of ether oxygens (including phenoxy) is 2. The maximum absolute atomic E-state index is 12.8. The standard InChI is InChI=1S/C21H15ClN4O3.C13H12ClN3O2.C8H4ClNO.CH4.ClH.FH.H2/c1-29-16-7-8-18(25-20(27)14-4-2-13(11-23)3-5-14)17(10-16)21(28)26-19-9-6-15(22)12-24-19;1-19-9-3-4-11(15)10(6-9)13(18)17-12-5-2-8(14)7-16-12;1-10-7-4-2-6(3-5-7)8(9)11;;;;/h2-10,12H,1H3,(H,25,27)(H,24,26,28);2-7H,15H2,1H3,(H,16,17,18);2-5H;1H4;3*1H/i;;;;;;1+1. The molecular weight excluding hydrogens is 885 g/mol. The van der Waals surface area contributed by atoms with Gasteiger partial charge in [0.05, 0.1) is 59.3 Å². The summed E-state index contributed by atoms with van der Waals surface area (Å²) in [5.41, 5.74) is 8.68. The highest BCUT2D eigenvalue weighted by Gasteiger charge is 2.17.